The van der Waals surface area contributed by atoms with Crippen molar-refractivity contribution in [2.45, 2.75) is 64.7 Å². The Morgan fingerprint density at radius 3 is 2.83 bits per heavy atom. The van der Waals surface area contributed by atoms with Gasteiger partial charge in [0.2, 0.25) is 0 Å². The third-order valence-corrected chi connectivity index (χ3v) is 4.30. The van der Waals surface area contributed by atoms with E-state index in [9.17, 15) is 0 Å². The number of morpholine rings is 1. The van der Waals surface area contributed by atoms with Crippen molar-refractivity contribution in [3.63, 3.8) is 0 Å². The Morgan fingerprint density at radius 1 is 1.39 bits per heavy atom. The lowest BCUT2D eigenvalue weighted by molar-refractivity contribution is -0.130. The van der Waals surface area contributed by atoms with Crippen molar-refractivity contribution in [3.8, 4) is 0 Å². The van der Waals surface area contributed by atoms with E-state index in [0.717, 1.165) is 19.0 Å². The molecule has 2 heterocycles. The topological polar surface area (TPSA) is 24.5 Å². The lowest BCUT2D eigenvalue weighted by Crippen LogP contribution is -2.55. The molecule has 106 valence electrons. The van der Waals surface area contributed by atoms with Crippen LogP contribution in [0.2, 0.25) is 0 Å². The zero-order valence-corrected chi connectivity index (χ0v) is 12.5. The number of hydrogen-bond donors (Lipinski definition) is 1. The summed E-state index contributed by atoms with van der Waals surface area (Å²) in [6.45, 7) is 13.5. The highest BCUT2D eigenvalue weighted by molar-refractivity contribution is 4.87. The summed E-state index contributed by atoms with van der Waals surface area (Å²) in [6, 6.07) is 0.685. The lowest BCUT2D eigenvalue weighted by atomic mass is 9.90. The third-order valence-electron chi connectivity index (χ3n) is 4.30. The number of nitrogens with zero attached hydrogens (tertiary/aromatic N) is 1. The fourth-order valence-corrected chi connectivity index (χ4v) is 3.64. The number of ether oxygens (including phenoxy) is 1. The van der Waals surface area contributed by atoms with E-state index in [4.69, 9.17) is 4.74 Å². The summed E-state index contributed by atoms with van der Waals surface area (Å²) >= 11 is 0. The second-order valence-electron chi connectivity index (χ2n) is 6.83. The van der Waals surface area contributed by atoms with Gasteiger partial charge in [0.25, 0.3) is 0 Å². The largest absolute Gasteiger partial charge is 0.370 e. The number of piperidine rings is 1. The van der Waals surface area contributed by atoms with Crippen molar-refractivity contribution in [2.24, 2.45) is 5.92 Å². The number of rotatable bonds is 3. The summed E-state index contributed by atoms with van der Waals surface area (Å²) in [6.07, 6.45) is 4.41. The highest BCUT2D eigenvalue weighted by Gasteiger charge is 2.33. The third kappa shape index (κ3) is 3.94. The SMILES string of the molecule is CCC1CCNC(CN2CC(C)OC(C)(C)C2)C1. The summed E-state index contributed by atoms with van der Waals surface area (Å²) in [4.78, 5) is 2.59. The highest BCUT2D eigenvalue weighted by atomic mass is 16.5. The van der Waals surface area contributed by atoms with Gasteiger partial charge >= 0.3 is 0 Å². The molecule has 2 fully saturated rings. The normalized spacial score (nSPS) is 37.7. The van der Waals surface area contributed by atoms with Crippen LogP contribution in [-0.2, 0) is 4.74 Å². The van der Waals surface area contributed by atoms with Gasteiger partial charge in [-0.05, 0) is 46.1 Å². The molecule has 0 spiro atoms. The first-order valence-electron chi connectivity index (χ1n) is 7.62. The maximum absolute atomic E-state index is 5.97. The van der Waals surface area contributed by atoms with E-state index in [1.165, 1.54) is 32.4 Å². The first-order valence-corrected chi connectivity index (χ1v) is 7.62. The van der Waals surface area contributed by atoms with Crippen LogP contribution in [0.25, 0.3) is 0 Å². The molecule has 0 radical (unpaired) electrons. The molecule has 3 heteroatoms. The molecule has 0 aromatic heterocycles. The van der Waals surface area contributed by atoms with Gasteiger partial charge < -0.3 is 10.1 Å². The lowest BCUT2D eigenvalue weighted by Gasteiger charge is -2.44. The van der Waals surface area contributed by atoms with Crippen LogP contribution in [0.15, 0.2) is 0 Å². The molecule has 0 aromatic rings. The Hall–Kier alpha value is -0.120. The van der Waals surface area contributed by atoms with E-state index in [1.54, 1.807) is 0 Å². The van der Waals surface area contributed by atoms with Crippen LogP contribution in [0, 0.1) is 5.92 Å². The summed E-state index contributed by atoms with van der Waals surface area (Å²) in [5, 5.41) is 3.69. The van der Waals surface area contributed by atoms with Crippen LogP contribution in [0.3, 0.4) is 0 Å². The molecule has 3 atom stereocenters. The Balaban J connectivity index is 1.85. The molecule has 2 aliphatic rings. The van der Waals surface area contributed by atoms with E-state index in [-0.39, 0.29) is 5.60 Å². The Bertz CT molecular complexity index is 267. The molecular weight excluding hydrogens is 224 g/mol. The molecule has 2 aliphatic heterocycles. The smallest absolute Gasteiger partial charge is 0.0757 e. The fourth-order valence-electron chi connectivity index (χ4n) is 3.64. The minimum absolute atomic E-state index is 0.0104. The van der Waals surface area contributed by atoms with E-state index in [0.29, 0.717) is 12.1 Å². The minimum Gasteiger partial charge on any atom is -0.370 e. The van der Waals surface area contributed by atoms with Gasteiger partial charge in [-0.1, -0.05) is 13.3 Å². The van der Waals surface area contributed by atoms with Gasteiger partial charge in [0.1, 0.15) is 0 Å². The van der Waals surface area contributed by atoms with Crippen LogP contribution in [0.5, 0.6) is 0 Å². The molecule has 0 amide bonds. The average Bonchev–Trinajstić information content (AvgIpc) is 2.26. The van der Waals surface area contributed by atoms with Crippen molar-refractivity contribution in [3.05, 3.63) is 0 Å². The molecule has 2 saturated heterocycles. The van der Waals surface area contributed by atoms with Gasteiger partial charge in [0.15, 0.2) is 0 Å². The molecule has 1 N–H and O–H groups in total. The van der Waals surface area contributed by atoms with Gasteiger partial charge in [0.05, 0.1) is 11.7 Å². The van der Waals surface area contributed by atoms with Crippen molar-refractivity contribution in [1.29, 1.82) is 0 Å². The molecule has 2 rings (SSSR count). The molecule has 0 saturated carbocycles. The molecule has 0 aromatic carbocycles. The first-order chi connectivity index (χ1) is 8.48. The maximum Gasteiger partial charge on any atom is 0.0757 e. The second-order valence-corrected chi connectivity index (χ2v) is 6.83. The van der Waals surface area contributed by atoms with Gasteiger partial charge in [0, 0.05) is 25.7 Å². The minimum atomic E-state index is 0.0104. The Labute approximate surface area is 112 Å². The molecule has 0 aliphatic carbocycles. The molecule has 3 unspecified atom stereocenters. The van der Waals surface area contributed by atoms with Crippen molar-refractivity contribution in [1.82, 2.24) is 10.2 Å². The van der Waals surface area contributed by atoms with E-state index >= 15 is 0 Å². The fraction of sp³-hybridized carbons (Fsp3) is 1.00. The van der Waals surface area contributed by atoms with Gasteiger partial charge in [-0.25, -0.2) is 0 Å². The van der Waals surface area contributed by atoms with E-state index in [2.05, 4.69) is 37.9 Å². The van der Waals surface area contributed by atoms with Crippen LogP contribution in [-0.4, -0.2) is 48.8 Å². The Morgan fingerprint density at radius 2 is 2.17 bits per heavy atom. The van der Waals surface area contributed by atoms with Gasteiger partial charge in [-0.2, -0.15) is 0 Å². The Kier molecular flexibility index (Phi) is 4.68. The average molecular weight is 254 g/mol. The van der Waals surface area contributed by atoms with Crippen LogP contribution in [0.4, 0.5) is 0 Å². The summed E-state index contributed by atoms with van der Waals surface area (Å²) < 4.78 is 5.97. The number of hydrogen-bond acceptors (Lipinski definition) is 3. The highest BCUT2D eigenvalue weighted by Crippen LogP contribution is 2.24. The summed E-state index contributed by atoms with van der Waals surface area (Å²) in [5.41, 5.74) is 0.0104. The molecule has 0 bridgehead atoms. The van der Waals surface area contributed by atoms with Crippen molar-refractivity contribution < 1.29 is 4.74 Å². The van der Waals surface area contributed by atoms with Gasteiger partial charge in [-0.3, -0.25) is 4.90 Å². The maximum atomic E-state index is 5.97. The van der Waals surface area contributed by atoms with Crippen molar-refractivity contribution in [2.75, 3.05) is 26.2 Å². The monoisotopic (exact) mass is 254 g/mol. The van der Waals surface area contributed by atoms with Crippen molar-refractivity contribution >= 4 is 0 Å². The number of nitrogens with one attached hydrogen (secondary N) is 1. The summed E-state index contributed by atoms with van der Waals surface area (Å²) in [7, 11) is 0. The predicted molar refractivity (Wildman–Crippen MR) is 75.9 cm³/mol. The predicted octanol–water partition coefficient (Wildman–Crippen LogP) is 2.26. The van der Waals surface area contributed by atoms with Gasteiger partial charge in [-0.15, -0.1) is 0 Å². The van der Waals surface area contributed by atoms with Crippen LogP contribution >= 0.6 is 0 Å². The van der Waals surface area contributed by atoms with Crippen LogP contribution in [0.1, 0.15) is 47.0 Å². The first kappa shape index (κ1) is 14.3. The molecular formula is C15H30N2O. The quantitative estimate of drug-likeness (QED) is 0.836. The molecule has 18 heavy (non-hydrogen) atoms. The zero-order chi connectivity index (χ0) is 13.2. The second kappa shape index (κ2) is 5.89. The van der Waals surface area contributed by atoms with E-state index in [1.807, 2.05) is 0 Å². The van der Waals surface area contributed by atoms with Crippen LogP contribution < -0.4 is 5.32 Å². The molecule has 3 nitrogen and oxygen atoms in total. The standard InChI is InChI=1S/C15H30N2O/c1-5-13-6-7-16-14(8-13)10-17-9-12(2)18-15(3,4)11-17/h12-14,16H,5-11H2,1-4H3. The summed E-state index contributed by atoms with van der Waals surface area (Å²) in [5.74, 6) is 0.933. The van der Waals surface area contributed by atoms with E-state index < -0.39 is 0 Å². The zero-order valence-electron chi connectivity index (χ0n) is 12.5.